The molecule has 1 atom stereocenters. The average Bonchev–Trinajstić information content (AvgIpc) is 3.30. The maximum atomic E-state index is 12.2. The van der Waals surface area contributed by atoms with Gasteiger partial charge in [0.25, 0.3) is 0 Å². The Morgan fingerprint density at radius 2 is 2.05 bits per heavy atom. The summed E-state index contributed by atoms with van der Waals surface area (Å²) in [5.41, 5.74) is 0.804. The van der Waals surface area contributed by atoms with Gasteiger partial charge < -0.3 is 14.4 Å². The lowest BCUT2D eigenvalue weighted by molar-refractivity contribution is -0.152. The highest BCUT2D eigenvalue weighted by Gasteiger charge is 2.56. The van der Waals surface area contributed by atoms with E-state index in [4.69, 9.17) is 4.74 Å². The Balaban J connectivity index is 1.99. The van der Waals surface area contributed by atoms with Gasteiger partial charge in [-0.25, -0.2) is 0 Å². The molecule has 1 fully saturated rings. The number of hydrogen-bond donors (Lipinski definition) is 0. The van der Waals surface area contributed by atoms with E-state index in [0.29, 0.717) is 13.0 Å². The fourth-order valence-corrected chi connectivity index (χ4v) is 3.12. The molecule has 1 aromatic carbocycles. The molecule has 4 heteroatoms. The summed E-state index contributed by atoms with van der Waals surface area (Å²) < 4.78 is 5.22. The molecule has 0 amide bonds. The number of hydrogen-bond acceptors (Lipinski definition) is 4. The van der Waals surface area contributed by atoms with Gasteiger partial charge in [0, 0.05) is 19.5 Å². The van der Waals surface area contributed by atoms with Crippen molar-refractivity contribution in [3.05, 3.63) is 35.9 Å². The lowest BCUT2D eigenvalue weighted by atomic mass is 9.86. The van der Waals surface area contributed by atoms with E-state index in [9.17, 15) is 9.59 Å². The van der Waals surface area contributed by atoms with Gasteiger partial charge in [0.05, 0.1) is 12.0 Å². The predicted octanol–water partition coefficient (Wildman–Crippen LogP) is 2.67. The predicted molar refractivity (Wildman–Crippen MR) is 85.2 cm³/mol. The summed E-state index contributed by atoms with van der Waals surface area (Å²) in [7, 11) is 2.03. The lowest BCUT2D eigenvalue weighted by Gasteiger charge is -2.28. The Morgan fingerprint density at radius 1 is 1.36 bits per heavy atom. The molecule has 1 unspecified atom stereocenters. The molecule has 0 radical (unpaired) electrons. The van der Waals surface area contributed by atoms with Crippen LogP contribution >= 0.6 is 0 Å². The maximum Gasteiger partial charge on any atom is 0.312 e. The molecule has 120 valence electrons. The quantitative estimate of drug-likeness (QED) is 0.520. The van der Waals surface area contributed by atoms with Crippen molar-refractivity contribution in [1.82, 2.24) is 4.90 Å². The van der Waals surface area contributed by atoms with E-state index < -0.39 is 5.41 Å². The summed E-state index contributed by atoms with van der Waals surface area (Å²) in [6, 6.07) is 10.2. The van der Waals surface area contributed by atoms with E-state index >= 15 is 0 Å². The molecule has 22 heavy (non-hydrogen) atoms. The van der Waals surface area contributed by atoms with Crippen LogP contribution in [0.2, 0.25) is 0 Å². The van der Waals surface area contributed by atoms with Crippen LogP contribution in [0.3, 0.4) is 0 Å². The van der Waals surface area contributed by atoms with Gasteiger partial charge >= 0.3 is 5.97 Å². The van der Waals surface area contributed by atoms with Crippen LogP contribution in [-0.2, 0) is 20.9 Å². The van der Waals surface area contributed by atoms with Crippen molar-refractivity contribution in [3.8, 4) is 0 Å². The molecule has 0 spiro atoms. The van der Waals surface area contributed by atoms with Gasteiger partial charge in [0.2, 0.25) is 0 Å². The van der Waals surface area contributed by atoms with Gasteiger partial charge in [-0.15, -0.1) is 0 Å². The number of ether oxygens (including phenoxy) is 1. The largest absolute Gasteiger partial charge is 0.466 e. The Morgan fingerprint density at radius 3 is 2.59 bits per heavy atom. The van der Waals surface area contributed by atoms with Gasteiger partial charge in [-0.1, -0.05) is 30.3 Å². The number of rotatable bonds is 9. The highest BCUT2D eigenvalue weighted by atomic mass is 16.5. The fourth-order valence-electron chi connectivity index (χ4n) is 3.12. The molecular formula is C18H25NO3. The van der Waals surface area contributed by atoms with Gasteiger partial charge in [0.15, 0.2) is 0 Å². The second-order valence-electron chi connectivity index (χ2n) is 6.16. The summed E-state index contributed by atoms with van der Waals surface area (Å²) in [6.45, 7) is 3.76. The molecule has 0 bridgehead atoms. The van der Waals surface area contributed by atoms with Crippen LogP contribution in [0, 0.1) is 11.3 Å². The molecular weight excluding hydrogens is 278 g/mol. The fraction of sp³-hybridized carbons (Fsp3) is 0.556. The minimum Gasteiger partial charge on any atom is -0.466 e. The van der Waals surface area contributed by atoms with Crippen molar-refractivity contribution in [3.63, 3.8) is 0 Å². The number of benzene rings is 1. The number of esters is 1. The average molecular weight is 303 g/mol. The van der Waals surface area contributed by atoms with E-state index in [2.05, 4.69) is 17.0 Å². The second-order valence-corrected chi connectivity index (χ2v) is 6.16. The molecule has 1 saturated carbocycles. The summed E-state index contributed by atoms with van der Waals surface area (Å²) >= 11 is 0. The summed E-state index contributed by atoms with van der Waals surface area (Å²) in [6.07, 6.45) is 3.02. The van der Waals surface area contributed by atoms with Crippen LogP contribution < -0.4 is 0 Å². The third kappa shape index (κ3) is 3.95. The normalized spacial score (nSPS) is 17.0. The zero-order chi connectivity index (χ0) is 16.0. The Bertz CT molecular complexity index is 496. The zero-order valence-electron chi connectivity index (χ0n) is 13.5. The second kappa shape index (κ2) is 7.54. The van der Waals surface area contributed by atoms with Crippen LogP contribution in [0.5, 0.6) is 0 Å². The Hall–Kier alpha value is -1.68. The van der Waals surface area contributed by atoms with Crippen LogP contribution in [0.1, 0.15) is 31.7 Å². The van der Waals surface area contributed by atoms with Crippen molar-refractivity contribution >= 4 is 12.3 Å². The number of nitrogens with zero attached hydrogens (tertiary/aromatic N) is 1. The zero-order valence-corrected chi connectivity index (χ0v) is 13.5. The maximum absolute atomic E-state index is 12.2. The SMILES string of the molecule is CCOC(=O)C1(C(CC=O)CN(C)Cc2ccccc2)CC1. The number of carbonyl (C=O) groups excluding carboxylic acids is 2. The van der Waals surface area contributed by atoms with Crippen molar-refractivity contribution in [2.24, 2.45) is 11.3 Å². The smallest absolute Gasteiger partial charge is 0.312 e. The van der Waals surface area contributed by atoms with Crippen molar-refractivity contribution in [1.29, 1.82) is 0 Å². The Kier molecular flexibility index (Phi) is 5.72. The van der Waals surface area contributed by atoms with E-state index in [1.54, 1.807) is 0 Å². The first-order valence-corrected chi connectivity index (χ1v) is 7.95. The molecule has 0 saturated heterocycles. The molecule has 1 aromatic rings. The molecule has 1 aliphatic rings. The van der Waals surface area contributed by atoms with Crippen LogP contribution in [0.4, 0.5) is 0 Å². The van der Waals surface area contributed by atoms with Crippen LogP contribution in [0.25, 0.3) is 0 Å². The molecule has 4 nitrogen and oxygen atoms in total. The van der Waals surface area contributed by atoms with Gasteiger partial charge in [-0.2, -0.15) is 0 Å². The van der Waals surface area contributed by atoms with Crippen molar-refractivity contribution in [2.75, 3.05) is 20.2 Å². The number of carbonyl (C=O) groups is 2. The summed E-state index contributed by atoms with van der Waals surface area (Å²) in [5, 5.41) is 0. The lowest BCUT2D eigenvalue weighted by Crippen LogP contribution is -2.36. The highest BCUT2D eigenvalue weighted by Crippen LogP contribution is 2.54. The minimum atomic E-state index is -0.429. The van der Waals surface area contributed by atoms with Crippen molar-refractivity contribution < 1.29 is 14.3 Å². The van der Waals surface area contributed by atoms with Gasteiger partial charge in [-0.3, -0.25) is 4.79 Å². The van der Waals surface area contributed by atoms with Crippen LogP contribution in [-0.4, -0.2) is 37.4 Å². The third-order valence-electron chi connectivity index (χ3n) is 4.46. The molecule has 1 aliphatic carbocycles. The Labute approximate surface area is 132 Å². The summed E-state index contributed by atoms with van der Waals surface area (Å²) in [5.74, 6) is -0.0901. The van der Waals surface area contributed by atoms with Crippen molar-refractivity contribution in [2.45, 2.75) is 32.7 Å². The summed E-state index contributed by atoms with van der Waals surface area (Å²) in [4.78, 5) is 25.4. The molecule has 0 N–H and O–H groups in total. The van der Waals surface area contributed by atoms with E-state index in [1.807, 2.05) is 32.2 Å². The standard InChI is InChI=1S/C18H25NO3/c1-3-22-17(21)18(10-11-18)16(9-12-20)14-19(2)13-15-7-5-4-6-8-15/h4-8,12,16H,3,9-11,13-14H2,1-2H3. The molecule has 2 rings (SSSR count). The first kappa shape index (κ1) is 16.7. The minimum absolute atomic E-state index is 0.0396. The molecule has 0 heterocycles. The monoisotopic (exact) mass is 303 g/mol. The molecule has 0 aliphatic heterocycles. The van der Waals surface area contributed by atoms with E-state index in [0.717, 1.165) is 32.2 Å². The van der Waals surface area contributed by atoms with Crippen LogP contribution in [0.15, 0.2) is 30.3 Å². The van der Waals surface area contributed by atoms with E-state index in [-0.39, 0.29) is 11.9 Å². The van der Waals surface area contributed by atoms with Gasteiger partial charge in [0.1, 0.15) is 6.29 Å². The highest BCUT2D eigenvalue weighted by molar-refractivity contribution is 5.80. The number of aldehydes is 1. The van der Waals surface area contributed by atoms with E-state index in [1.165, 1.54) is 5.56 Å². The van der Waals surface area contributed by atoms with Gasteiger partial charge in [-0.05, 0) is 38.3 Å². The topological polar surface area (TPSA) is 46.6 Å². The molecule has 0 aromatic heterocycles. The first-order chi connectivity index (χ1) is 10.6. The third-order valence-corrected chi connectivity index (χ3v) is 4.46. The first-order valence-electron chi connectivity index (χ1n) is 7.95.